The minimum atomic E-state index is -3.61. The summed E-state index contributed by atoms with van der Waals surface area (Å²) < 4.78 is 75.4. The van der Waals surface area contributed by atoms with Gasteiger partial charge in [-0.3, -0.25) is 9.13 Å². The molecular weight excluding hydrogens is 887 g/mol. The first kappa shape index (κ1) is 49.3. The molecule has 0 spiro atoms. The van der Waals surface area contributed by atoms with Crippen LogP contribution in [-0.4, -0.2) is 67.2 Å². The number of hydrogen-bond acceptors (Lipinski definition) is 12. The summed E-state index contributed by atoms with van der Waals surface area (Å²) in [5.74, 6) is 2.93. The van der Waals surface area contributed by atoms with Crippen LogP contribution in [0.3, 0.4) is 0 Å². The Hall–Kier alpha value is -5.58. The first-order valence-electron chi connectivity index (χ1n) is 22.7. The predicted molar refractivity (Wildman–Crippen MR) is 269 cm³/mol. The molecule has 14 heteroatoms. The maximum atomic E-state index is 14.6. The lowest BCUT2D eigenvalue weighted by Crippen LogP contribution is -2.29. The average Bonchev–Trinajstić information content (AvgIpc) is 3.62. The normalized spacial score (nSPS) is 12.8. The van der Waals surface area contributed by atoms with E-state index in [1.54, 1.807) is 28.4 Å². The van der Waals surface area contributed by atoms with Crippen molar-refractivity contribution in [3.8, 4) is 34.1 Å². The van der Waals surface area contributed by atoms with E-state index in [-0.39, 0.29) is 38.8 Å². The van der Waals surface area contributed by atoms with Crippen LogP contribution in [0, 0.1) is 0 Å². The van der Waals surface area contributed by atoms with Gasteiger partial charge in [0.1, 0.15) is 23.0 Å². The summed E-state index contributed by atoms with van der Waals surface area (Å²) in [6.45, 7) is 8.14. The quantitative estimate of drug-likeness (QED) is 0.0538. The molecular formula is C53H62N2O10P2. The summed E-state index contributed by atoms with van der Waals surface area (Å²) in [7, 11) is -0.619. The van der Waals surface area contributed by atoms with Crippen molar-refractivity contribution in [1.29, 1.82) is 0 Å². The smallest absolute Gasteiger partial charge is 0.330 e. The van der Waals surface area contributed by atoms with Crippen molar-refractivity contribution in [1.82, 2.24) is 0 Å². The van der Waals surface area contributed by atoms with Crippen LogP contribution in [0.1, 0.15) is 51.7 Å². The molecule has 0 amide bonds. The van der Waals surface area contributed by atoms with Crippen molar-refractivity contribution >= 4 is 49.3 Å². The highest BCUT2D eigenvalue weighted by molar-refractivity contribution is 7.54. The molecule has 67 heavy (non-hydrogen) atoms. The molecule has 6 aromatic carbocycles. The summed E-state index contributed by atoms with van der Waals surface area (Å²) in [5, 5.41) is 0. The third kappa shape index (κ3) is 10.8. The van der Waals surface area contributed by atoms with Crippen LogP contribution in [0.4, 0.5) is 34.1 Å². The predicted octanol–water partition coefficient (Wildman–Crippen LogP) is 14.2. The minimum Gasteiger partial charge on any atom is -0.497 e. The first-order valence-corrected chi connectivity index (χ1v) is 26.2. The van der Waals surface area contributed by atoms with Crippen LogP contribution in [0.15, 0.2) is 133 Å². The molecule has 0 heterocycles. The number of nitrogens with zero attached hydrogens (tertiary/aromatic N) is 2. The monoisotopic (exact) mass is 948 g/mol. The van der Waals surface area contributed by atoms with E-state index in [1.807, 2.05) is 125 Å². The molecule has 0 fully saturated rings. The Morgan fingerprint density at radius 3 is 0.881 bits per heavy atom. The molecule has 12 nitrogen and oxygen atoms in total. The van der Waals surface area contributed by atoms with E-state index in [9.17, 15) is 9.13 Å². The van der Waals surface area contributed by atoms with Gasteiger partial charge in [-0.05, 0) is 184 Å². The Morgan fingerprint density at radius 1 is 0.388 bits per heavy atom. The number of hydrogen-bond donors (Lipinski definition) is 0. The van der Waals surface area contributed by atoms with Crippen LogP contribution in [-0.2, 0) is 32.6 Å². The van der Waals surface area contributed by atoms with Crippen LogP contribution in [0.2, 0.25) is 0 Å². The average molecular weight is 949 g/mol. The Labute approximate surface area is 395 Å². The molecule has 0 bridgehead atoms. The van der Waals surface area contributed by atoms with Crippen molar-refractivity contribution in [2.45, 2.75) is 46.0 Å². The number of rotatable bonds is 24. The molecule has 1 aliphatic carbocycles. The van der Waals surface area contributed by atoms with E-state index >= 15 is 0 Å². The third-order valence-corrected chi connectivity index (χ3v) is 16.2. The van der Waals surface area contributed by atoms with Gasteiger partial charge in [0.25, 0.3) is 0 Å². The molecule has 0 atom stereocenters. The molecule has 6 aromatic rings. The second-order valence-electron chi connectivity index (χ2n) is 15.8. The van der Waals surface area contributed by atoms with Gasteiger partial charge in [-0.15, -0.1) is 0 Å². The van der Waals surface area contributed by atoms with Crippen LogP contribution >= 0.6 is 15.2 Å². The summed E-state index contributed by atoms with van der Waals surface area (Å²) in [6.07, 6.45) is 0.838. The summed E-state index contributed by atoms with van der Waals surface area (Å²) in [4.78, 5) is 4.37. The number of anilines is 6. The van der Waals surface area contributed by atoms with Gasteiger partial charge in [0.05, 0.1) is 67.2 Å². The molecule has 0 saturated heterocycles. The zero-order valence-electron chi connectivity index (χ0n) is 39.7. The lowest BCUT2D eigenvalue weighted by Gasteiger charge is -2.36. The molecule has 7 rings (SSSR count). The fourth-order valence-corrected chi connectivity index (χ4v) is 12.6. The molecule has 0 radical (unpaired) electrons. The van der Waals surface area contributed by atoms with Crippen molar-refractivity contribution in [3.63, 3.8) is 0 Å². The van der Waals surface area contributed by atoms with Gasteiger partial charge in [-0.1, -0.05) is 12.1 Å². The highest BCUT2D eigenvalue weighted by Crippen LogP contribution is 2.61. The number of methoxy groups -OCH3 is 4. The van der Waals surface area contributed by atoms with Crippen molar-refractivity contribution in [2.75, 3.05) is 77.0 Å². The van der Waals surface area contributed by atoms with E-state index in [1.165, 1.54) is 0 Å². The third-order valence-electron chi connectivity index (χ3n) is 12.1. The molecule has 0 saturated carbocycles. The largest absolute Gasteiger partial charge is 0.497 e. The second-order valence-corrected chi connectivity index (χ2v) is 20.2. The van der Waals surface area contributed by atoms with Gasteiger partial charge >= 0.3 is 15.2 Å². The zero-order chi connectivity index (χ0) is 47.6. The van der Waals surface area contributed by atoms with E-state index in [0.29, 0.717) is 12.8 Å². The van der Waals surface area contributed by atoms with Gasteiger partial charge in [0, 0.05) is 39.5 Å². The van der Waals surface area contributed by atoms with Gasteiger partial charge in [0.2, 0.25) is 0 Å². The van der Waals surface area contributed by atoms with Crippen molar-refractivity contribution in [3.05, 3.63) is 145 Å². The maximum Gasteiger partial charge on any atom is 0.330 e. The number of ether oxygens (including phenoxy) is 4. The number of fused-ring (bicyclic) bond motifs is 3. The topological polar surface area (TPSA) is 114 Å². The Bertz CT molecular complexity index is 2360. The fraction of sp³-hybridized carbons (Fsp3) is 0.321. The highest BCUT2D eigenvalue weighted by atomic mass is 31.2. The van der Waals surface area contributed by atoms with Crippen molar-refractivity contribution in [2.24, 2.45) is 0 Å². The molecule has 0 unspecified atom stereocenters. The SMILES string of the molecule is CCOP(=O)(CCC1(CCP(=O)(OCC)OCC)c2cc(N(c3ccc(OC)cc3)c3ccc(OC)cc3)ccc2-c2ccc(N(c3ccc(OC)cc3)c3ccc(OC)cc3)cc21)OCC. The maximum absolute atomic E-state index is 14.6. The Balaban J connectivity index is 1.50. The molecule has 0 aromatic heterocycles. The van der Waals surface area contributed by atoms with Crippen LogP contribution in [0.5, 0.6) is 23.0 Å². The highest BCUT2D eigenvalue weighted by Gasteiger charge is 2.47. The molecule has 0 aliphatic heterocycles. The van der Waals surface area contributed by atoms with E-state index in [2.05, 4.69) is 46.2 Å². The fourth-order valence-electron chi connectivity index (χ4n) is 9.01. The Kier molecular flexibility index (Phi) is 16.2. The first-order chi connectivity index (χ1) is 32.5. The standard InChI is InChI=1S/C53H62N2O10P2/c1-9-62-66(56,63-10-2)35-33-53(34-36-67(57,64-11-3)65-12-4)51-37-43(54(39-13-23-45(58-5)24-14-39)40-15-25-46(59-6)26-16-40)21-31-49(51)50-32-22-44(38-52(50)53)55(41-17-27-47(60-7)28-18-41)42-19-29-48(61-8)30-20-42/h13-32,37-38H,9-12,33-36H2,1-8H3. The van der Waals surface area contributed by atoms with Gasteiger partial charge < -0.3 is 46.8 Å². The van der Waals surface area contributed by atoms with Gasteiger partial charge in [0.15, 0.2) is 0 Å². The molecule has 1 aliphatic rings. The minimum absolute atomic E-state index is 0.0942. The van der Waals surface area contributed by atoms with Crippen LogP contribution < -0.4 is 28.7 Å². The lowest BCUT2D eigenvalue weighted by molar-refractivity contribution is 0.215. The second kappa shape index (κ2) is 22.0. The van der Waals surface area contributed by atoms with Crippen LogP contribution in [0.25, 0.3) is 11.1 Å². The van der Waals surface area contributed by atoms with Crippen molar-refractivity contribution < 1.29 is 46.2 Å². The summed E-state index contributed by atoms with van der Waals surface area (Å²) in [5.41, 5.74) is 8.39. The van der Waals surface area contributed by atoms with E-state index in [0.717, 1.165) is 79.4 Å². The summed E-state index contributed by atoms with van der Waals surface area (Å²) in [6, 6.07) is 44.7. The number of benzene rings is 6. The Morgan fingerprint density at radius 2 is 0.642 bits per heavy atom. The van der Waals surface area contributed by atoms with E-state index < -0.39 is 20.6 Å². The van der Waals surface area contributed by atoms with Gasteiger partial charge in [-0.25, -0.2) is 0 Å². The lowest BCUT2D eigenvalue weighted by atomic mass is 9.73. The zero-order valence-corrected chi connectivity index (χ0v) is 41.5. The van der Waals surface area contributed by atoms with Gasteiger partial charge in [-0.2, -0.15) is 0 Å². The molecule has 354 valence electrons. The summed E-state index contributed by atoms with van der Waals surface area (Å²) >= 11 is 0. The molecule has 0 N–H and O–H groups in total. The van der Waals surface area contributed by atoms with E-state index in [4.69, 9.17) is 37.0 Å².